The number of nitro groups is 1. The van der Waals surface area contributed by atoms with E-state index in [9.17, 15) is 28.1 Å². The van der Waals surface area contributed by atoms with Crippen molar-refractivity contribution in [3.63, 3.8) is 0 Å². The second-order valence-corrected chi connectivity index (χ2v) is 9.15. The van der Waals surface area contributed by atoms with Crippen LogP contribution in [0.15, 0.2) is 83.8 Å². The summed E-state index contributed by atoms with van der Waals surface area (Å²) in [6.07, 6.45) is -1.21. The summed E-state index contributed by atoms with van der Waals surface area (Å²) in [5.74, 6) is -1.54. The number of sulfonamides is 1. The van der Waals surface area contributed by atoms with Crippen molar-refractivity contribution < 1.29 is 27.7 Å². The van der Waals surface area contributed by atoms with Crippen LogP contribution in [-0.4, -0.2) is 38.4 Å². The topological polar surface area (TPSA) is 136 Å². The van der Waals surface area contributed by atoms with Crippen molar-refractivity contribution in [3.8, 4) is 0 Å². The number of non-ortho nitro benzene ring substituents is 1. The third-order valence-corrected chi connectivity index (χ3v) is 6.63. The normalized spacial score (nSPS) is 11.8. The van der Waals surface area contributed by atoms with Gasteiger partial charge in [-0.05, 0) is 49.4 Å². The second-order valence-electron chi connectivity index (χ2n) is 7.18. The number of hydrogen-bond donors (Lipinski definition) is 1. The average Bonchev–Trinajstić information content (AvgIpc) is 2.84. The zero-order valence-electron chi connectivity index (χ0n) is 18.2. The molecule has 1 amide bonds. The zero-order valence-corrected chi connectivity index (χ0v) is 19.1. The van der Waals surface area contributed by atoms with Gasteiger partial charge in [0.05, 0.1) is 21.1 Å². The number of anilines is 2. The molecule has 0 bridgehead atoms. The molecule has 3 aromatic rings. The van der Waals surface area contributed by atoms with E-state index in [0.717, 1.165) is 4.31 Å². The van der Waals surface area contributed by atoms with Crippen molar-refractivity contribution in [2.45, 2.75) is 17.9 Å². The van der Waals surface area contributed by atoms with Gasteiger partial charge in [-0.25, -0.2) is 13.2 Å². The van der Waals surface area contributed by atoms with Gasteiger partial charge in [-0.3, -0.25) is 19.2 Å². The Labute approximate surface area is 196 Å². The average molecular weight is 484 g/mol. The molecule has 1 atom stereocenters. The minimum Gasteiger partial charge on any atom is -0.449 e. The molecule has 1 unspecified atom stereocenters. The van der Waals surface area contributed by atoms with Crippen molar-refractivity contribution in [1.82, 2.24) is 0 Å². The van der Waals surface area contributed by atoms with Crippen LogP contribution in [0.25, 0.3) is 0 Å². The molecule has 34 heavy (non-hydrogen) atoms. The zero-order chi connectivity index (χ0) is 24.9. The Kier molecular flexibility index (Phi) is 7.27. The highest BCUT2D eigenvalue weighted by atomic mass is 32.2. The number of benzene rings is 3. The highest BCUT2D eigenvalue weighted by Crippen LogP contribution is 2.23. The van der Waals surface area contributed by atoms with E-state index in [2.05, 4.69) is 5.32 Å². The fraction of sp³-hybridized carbons (Fsp3) is 0.130. The van der Waals surface area contributed by atoms with Crippen LogP contribution < -0.4 is 9.62 Å². The van der Waals surface area contributed by atoms with E-state index < -0.39 is 32.9 Å². The van der Waals surface area contributed by atoms with E-state index in [1.54, 1.807) is 30.3 Å². The number of esters is 1. The highest BCUT2D eigenvalue weighted by molar-refractivity contribution is 7.92. The van der Waals surface area contributed by atoms with E-state index in [-0.39, 0.29) is 21.8 Å². The number of carbonyl (C=O) groups excluding carboxylic acids is 2. The number of ether oxygens (including phenoxy) is 1. The molecule has 0 aliphatic carbocycles. The van der Waals surface area contributed by atoms with Crippen LogP contribution in [0.5, 0.6) is 0 Å². The quantitative estimate of drug-likeness (QED) is 0.294. The second kappa shape index (κ2) is 10.1. The standard InChI is InChI=1S/C23H21N3O7S/c1-16(22(27)24-18-11-13-20(14-12-18)26(29)30)33-23(28)17-7-6-10-21(15-17)34(31,32)25(2)19-8-4-3-5-9-19/h3-16H,1-2H3,(H,24,27). The largest absolute Gasteiger partial charge is 0.449 e. The van der Waals surface area contributed by atoms with Crippen LogP contribution in [0, 0.1) is 10.1 Å². The molecule has 10 nitrogen and oxygen atoms in total. The van der Waals surface area contributed by atoms with Gasteiger partial charge in [0.15, 0.2) is 6.10 Å². The van der Waals surface area contributed by atoms with Crippen molar-refractivity contribution >= 4 is 39.0 Å². The maximum Gasteiger partial charge on any atom is 0.338 e. The van der Waals surface area contributed by atoms with Crippen LogP contribution >= 0.6 is 0 Å². The molecule has 0 fully saturated rings. The monoisotopic (exact) mass is 483 g/mol. The summed E-state index contributed by atoms with van der Waals surface area (Å²) in [6, 6.07) is 18.9. The lowest BCUT2D eigenvalue weighted by molar-refractivity contribution is -0.384. The first kappa shape index (κ1) is 24.4. The first-order chi connectivity index (χ1) is 16.1. The Bertz CT molecular complexity index is 1310. The number of nitrogens with one attached hydrogen (secondary N) is 1. The van der Waals surface area contributed by atoms with Gasteiger partial charge in [0.25, 0.3) is 21.6 Å². The predicted octanol–water partition coefficient (Wildman–Crippen LogP) is 3.60. The summed E-state index contributed by atoms with van der Waals surface area (Å²) >= 11 is 0. The molecule has 0 aliphatic rings. The first-order valence-corrected chi connectivity index (χ1v) is 11.4. The lowest BCUT2D eigenvalue weighted by Crippen LogP contribution is -2.30. The highest BCUT2D eigenvalue weighted by Gasteiger charge is 2.24. The van der Waals surface area contributed by atoms with Crippen LogP contribution in [0.3, 0.4) is 0 Å². The van der Waals surface area contributed by atoms with Gasteiger partial charge in [0, 0.05) is 24.9 Å². The lowest BCUT2D eigenvalue weighted by Gasteiger charge is -2.20. The maximum atomic E-state index is 13.0. The van der Waals surface area contributed by atoms with Gasteiger partial charge >= 0.3 is 5.97 Å². The minimum absolute atomic E-state index is 0.0440. The van der Waals surface area contributed by atoms with E-state index in [0.29, 0.717) is 5.69 Å². The Balaban J connectivity index is 1.69. The molecule has 0 spiro atoms. The van der Waals surface area contributed by atoms with Crippen LogP contribution in [0.4, 0.5) is 17.1 Å². The molecule has 0 saturated carbocycles. The van der Waals surface area contributed by atoms with Crippen molar-refractivity contribution in [2.75, 3.05) is 16.7 Å². The maximum absolute atomic E-state index is 13.0. The molecular weight excluding hydrogens is 462 g/mol. The van der Waals surface area contributed by atoms with Gasteiger partial charge in [0.2, 0.25) is 0 Å². The fourth-order valence-corrected chi connectivity index (χ4v) is 4.15. The molecule has 0 aromatic heterocycles. The number of carbonyl (C=O) groups is 2. The van der Waals surface area contributed by atoms with E-state index in [1.165, 1.54) is 62.5 Å². The molecular formula is C23H21N3O7S. The van der Waals surface area contributed by atoms with E-state index >= 15 is 0 Å². The SMILES string of the molecule is CC(OC(=O)c1cccc(S(=O)(=O)N(C)c2ccccc2)c1)C(=O)Nc1ccc([N+](=O)[O-])cc1. The van der Waals surface area contributed by atoms with Crippen LogP contribution in [0.1, 0.15) is 17.3 Å². The summed E-state index contributed by atoms with van der Waals surface area (Å²) in [5.41, 5.74) is 0.560. The molecule has 0 aliphatic heterocycles. The Hall–Kier alpha value is -4.25. The molecule has 11 heteroatoms. The van der Waals surface area contributed by atoms with E-state index in [4.69, 9.17) is 4.74 Å². The summed E-state index contributed by atoms with van der Waals surface area (Å²) in [6.45, 7) is 1.35. The van der Waals surface area contributed by atoms with Gasteiger partial charge in [-0.2, -0.15) is 0 Å². The number of para-hydroxylation sites is 1. The molecule has 0 radical (unpaired) electrons. The Morgan fingerprint density at radius 1 is 1.00 bits per heavy atom. The van der Waals surface area contributed by atoms with Gasteiger partial charge in [0.1, 0.15) is 0 Å². The molecule has 1 N–H and O–H groups in total. The number of nitrogens with zero attached hydrogens (tertiary/aromatic N) is 2. The summed E-state index contributed by atoms with van der Waals surface area (Å²) in [4.78, 5) is 34.9. The van der Waals surface area contributed by atoms with Crippen molar-refractivity contribution in [2.24, 2.45) is 0 Å². The molecule has 3 aromatic carbocycles. The molecule has 0 saturated heterocycles. The third-order valence-electron chi connectivity index (χ3n) is 4.85. The minimum atomic E-state index is -3.94. The molecule has 0 heterocycles. The Morgan fingerprint density at radius 3 is 2.26 bits per heavy atom. The van der Waals surface area contributed by atoms with Gasteiger partial charge in [-0.15, -0.1) is 0 Å². The predicted molar refractivity (Wildman–Crippen MR) is 125 cm³/mol. The van der Waals surface area contributed by atoms with Crippen molar-refractivity contribution in [3.05, 3.63) is 94.5 Å². The summed E-state index contributed by atoms with van der Waals surface area (Å²) in [5, 5.41) is 13.2. The first-order valence-electron chi connectivity index (χ1n) is 10.00. The summed E-state index contributed by atoms with van der Waals surface area (Å²) < 4.78 is 32.2. The van der Waals surface area contributed by atoms with Crippen LogP contribution in [0.2, 0.25) is 0 Å². The number of hydrogen-bond acceptors (Lipinski definition) is 7. The number of nitro benzene ring substituents is 1. The molecule has 176 valence electrons. The van der Waals surface area contributed by atoms with Crippen LogP contribution in [-0.2, 0) is 19.6 Å². The van der Waals surface area contributed by atoms with Gasteiger partial charge < -0.3 is 10.1 Å². The van der Waals surface area contributed by atoms with E-state index in [1.807, 2.05) is 0 Å². The van der Waals surface area contributed by atoms with Gasteiger partial charge in [-0.1, -0.05) is 24.3 Å². The third kappa shape index (κ3) is 5.56. The van der Waals surface area contributed by atoms with Crippen molar-refractivity contribution in [1.29, 1.82) is 0 Å². The lowest BCUT2D eigenvalue weighted by atomic mass is 10.2. The number of amides is 1. The fourth-order valence-electron chi connectivity index (χ4n) is 2.91. The smallest absolute Gasteiger partial charge is 0.338 e. The summed E-state index contributed by atoms with van der Waals surface area (Å²) in [7, 11) is -2.54. The molecule has 3 rings (SSSR count). The number of rotatable bonds is 8. The Morgan fingerprint density at radius 2 is 1.65 bits per heavy atom.